The number of nitrogens with one attached hydrogen (secondary N) is 1. The first-order valence-corrected chi connectivity index (χ1v) is 7.98. The molecule has 0 saturated heterocycles. The van der Waals surface area contributed by atoms with Crippen molar-refractivity contribution in [2.45, 2.75) is 18.4 Å². The van der Waals surface area contributed by atoms with Gasteiger partial charge in [0.1, 0.15) is 10.6 Å². The summed E-state index contributed by atoms with van der Waals surface area (Å²) in [7, 11) is -2.31. The van der Waals surface area contributed by atoms with Crippen molar-refractivity contribution in [3.63, 3.8) is 0 Å². The van der Waals surface area contributed by atoms with Crippen LogP contribution in [0.1, 0.15) is 6.92 Å². The van der Waals surface area contributed by atoms with Gasteiger partial charge >= 0.3 is 0 Å². The Morgan fingerprint density at radius 1 is 1.45 bits per heavy atom. The van der Waals surface area contributed by atoms with Crippen LogP contribution in [-0.4, -0.2) is 30.3 Å². The largest absolute Gasteiger partial charge is 0.479 e. The Morgan fingerprint density at radius 3 is 2.80 bits per heavy atom. The fourth-order valence-electron chi connectivity index (χ4n) is 1.52. The highest BCUT2D eigenvalue weighted by Crippen LogP contribution is 2.27. The van der Waals surface area contributed by atoms with Crippen molar-refractivity contribution >= 4 is 31.6 Å². The standard InChI is InChI=1S/C11H13BrN4O3S/c1-3-16-7-9(6-14-16)20(17,18)15-10-4-8(12)5-13-11(10)19-2/h4-7,15H,3H2,1-2H3. The zero-order valence-corrected chi connectivity index (χ0v) is 13.3. The molecule has 1 N–H and O–H groups in total. The minimum atomic E-state index is -3.73. The lowest BCUT2D eigenvalue weighted by atomic mass is 10.4. The van der Waals surface area contributed by atoms with Gasteiger partial charge in [-0.3, -0.25) is 9.40 Å². The molecule has 0 amide bonds. The average molecular weight is 361 g/mol. The number of aryl methyl sites for hydroxylation is 1. The van der Waals surface area contributed by atoms with Crippen molar-refractivity contribution in [2.24, 2.45) is 0 Å². The van der Waals surface area contributed by atoms with Gasteiger partial charge in [-0.25, -0.2) is 13.4 Å². The fraction of sp³-hybridized carbons (Fsp3) is 0.273. The van der Waals surface area contributed by atoms with Crippen molar-refractivity contribution in [3.05, 3.63) is 29.1 Å². The molecular formula is C11H13BrN4O3S. The summed E-state index contributed by atoms with van der Waals surface area (Å²) < 4.78 is 34.1. The molecule has 0 spiro atoms. The Bertz CT molecular complexity index is 714. The van der Waals surface area contributed by atoms with Crippen molar-refractivity contribution in [2.75, 3.05) is 11.8 Å². The molecule has 0 fully saturated rings. The molecular weight excluding hydrogens is 348 g/mol. The molecule has 0 unspecified atom stereocenters. The lowest BCUT2D eigenvalue weighted by molar-refractivity contribution is 0.400. The lowest BCUT2D eigenvalue weighted by Crippen LogP contribution is -2.13. The first-order chi connectivity index (χ1) is 9.46. The quantitative estimate of drug-likeness (QED) is 0.879. The van der Waals surface area contributed by atoms with Gasteiger partial charge in [0.05, 0.1) is 13.3 Å². The predicted octanol–water partition coefficient (Wildman–Crippen LogP) is 1.87. The molecule has 0 radical (unpaired) electrons. The fourth-order valence-corrected chi connectivity index (χ4v) is 2.85. The number of sulfonamides is 1. The zero-order chi connectivity index (χ0) is 14.8. The summed E-state index contributed by atoms with van der Waals surface area (Å²) >= 11 is 3.24. The van der Waals surface area contributed by atoms with E-state index >= 15 is 0 Å². The van der Waals surface area contributed by atoms with Crippen molar-refractivity contribution in [3.8, 4) is 5.88 Å². The number of halogens is 1. The van der Waals surface area contributed by atoms with Crippen LogP contribution < -0.4 is 9.46 Å². The number of hydrogen-bond donors (Lipinski definition) is 1. The van der Waals surface area contributed by atoms with Crippen LogP contribution >= 0.6 is 15.9 Å². The second-order valence-electron chi connectivity index (χ2n) is 3.85. The number of pyridine rings is 1. The SMILES string of the molecule is CCn1cc(S(=O)(=O)Nc2cc(Br)cnc2OC)cn1. The number of rotatable bonds is 5. The molecule has 2 aromatic rings. The Kier molecular flexibility index (Phi) is 4.29. The van der Waals surface area contributed by atoms with Gasteiger partial charge in [0.25, 0.3) is 10.0 Å². The number of aromatic nitrogens is 3. The molecule has 108 valence electrons. The van der Waals surface area contributed by atoms with Crippen LogP contribution in [0.25, 0.3) is 0 Å². The highest BCUT2D eigenvalue weighted by atomic mass is 79.9. The molecule has 7 nitrogen and oxygen atoms in total. The van der Waals surface area contributed by atoms with Gasteiger partial charge in [-0.05, 0) is 28.9 Å². The first-order valence-electron chi connectivity index (χ1n) is 5.71. The zero-order valence-electron chi connectivity index (χ0n) is 10.9. The summed E-state index contributed by atoms with van der Waals surface area (Å²) in [6, 6.07) is 1.58. The van der Waals surface area contributed by atoms with Crippen LogP contribution in [0.3, 0.4) is 0 Å². The van der Waals surface area contributed by atoms with E-state index in [4.69, 9.17) is 4.74 Å². The van der Waals surface area contributed by atoms with Gasteiger partial charge in [-0.2, -0.15) is 5.10 Å². The molecule has 9 heteroatoms. The van der Waals surface area contributed by atoms with Gasteiger partial charge in [0.2, 0.25) is 5.88 Å². The third kappa shape index (κ3) is 3.10. The maximum Gasteiger partial charge on any atom is 0.265 e. The normalized spacial score (nSPS) is 11.3. The Balaban J connectivity index is 2.35. The van der Waals surface area contributed by atoms with E-state index in [0.29, 0.717) is 11.0 Å². The maximum atomic E-state index is 12.2. The third-order valence-corrected chi connectivity index (χ3v) is 4.25. The van der Waals surface area contributed by atoms with E-state index in [1.165, 1.54) is 30.4 Å². The Labute approximate surface area is 125 Å². The molecule has 0 aliphatic heterocycles. The Hall–Kier alpha value is -1.61. The smallest absolute Gasteiger partial charge is 0.265 e. The van der Waals surface area contributed by atoms with Crippen LogP contribution in [0.15, 0.2) is 34.0 Å². The maximum absolute atomic E-state index is 12.2. The first kappa shape index (κ1) is 14.8. The van der Waals surface area contributed by atoms with Crippen molar-refractivity contribution in [1.82, 2.24) is 14.8 Å². The monoisotopic (exact) mass is 360 g/mol. The molecule has 20 heavy (non-hydrogen) atoms. The van der Waals surface area contributed by atoms with E-state index in [1.807, 2.05) is 6.92 Å². The minimum Gasteiger partial charge on any atom is -0.479 e. The molecule has 0 atom stereocenters. The second kappa shape index (κ2) is 5.80. The van der Waals surface area contributed by atoms with E-state index in [0.717, 1.165) is 0 Å². The van der Waals surface area contributed by atoms with Crippen LogP contribution in [0.4, 0.5) is 5.69 Å². The number of hydrogen-bond acceptors (Lipinski definition) is 5. The van der Waals surface area contributed by atoms with Gasteiger partial charge < -0.3 is 4.74 Å². The number of nitrogens with zero attached hydrogens (tertiary/aromatic N) is 3. The van der Waals surface area contributed by atoms with Gasteiger partial charge in [0.15, 0.2) is 0 Å². The molecule has 0 aliphatic carbocycles. The molecule has 2 heterocycles. The number of ether oxygens (including phenoxy) is 1. The summed E-state index contributed by atoms with van der Waals surface area (Å²) in [5.41, 5.74) is 0.256. The average Bonchev–Trinajstić information content (AvgIpc) is 2.88. The molecule has 2 aromatic heterocycles. The van der Waals surface area contributed by atoms with E-state index in [-0.39, 0.29) is 16.5 Å². The summed E-state index contributed by atoms with van der Waals surface area (Å²) in [4.78, 5) is 4.06. The third-order valence-electron chi connectivity index (χ3n) is 2.50. The summed E-state index contributed by atoms with van der Waals surface area (Å²) in [6.07, 6.45) is 4.27. The van der Waals surface area contributed by atoms with Gasteiger partial charge in [-0.1, -0.05) is 0 Å². The summed E-state index contributed by atoms with van der Waals surface area (Å²) in [5.74, 6) is 0.194. The van der Waals surface area contributed by atoms with E-state index in [1.54, 1.807) is 6.07 Å². The predicted molar refractivity (Wildman–Crippen MR) is 77.2 cm³/mol. The van der Waals surface area contributed by atoms with Gasteiger partial charge in [0, 0.05) is 23.4 Å². The summed E-state index contributed by atoms with van der Waals surface area (Å²) in [6.45, 7) is 2.47. The number of methoxy groups -OCH3 is 1. The van der Waals surface area contributed by atoms with Gasteiger partial charge in [-0.15, -0.1) is 0 Å². The highest BCUT2D eigenvalue weighted by Gasteiger charge is 2.19. The van der Waals surface area contributed by atoms with Crippen molar-refractivity contribution in [1.29, 1.82) is 0 Å². The number of anilines is 1. The Morgan fingerprint density at radius 2 is 2.20 bits per heavy atom. The van der Waals surface area contributed by atoms with Crippen LogP contribution in [-0.2, 0) is 16.6 Å². The van der Waals surface area contributed by atoms with Crippen LogP contribution in [0.2, 0.25) is 0 Å². The van der Waals surface area contributed by atoms with E-state index < -0.39 is 10.0 Å². The lowest BCUT2D eigenvalue weighted by Gasteiger charge is -2.10. The van der Waals surface area contributed by atoms with Crippen molar-refractivity contribution < 1.29 is 13.2 Å². The molecule has 0 saturated carbocycles. The molecule has 0 aromatic carbocycles. The molecule has 0 bridgehead atoms. The van der Waals surface area contributed by atoms with E-state index in [2.05, 4.69) is 30.7 Å². The van der Waals surface area contributed by atoms with E-state index in [9.17, 15) is 8.42 Å². The highest BCUT2D eigenvalue weighted by molar-refractivity contribution is 9.10. The summed E-state index contributed by atoms with van der Waals surface area (Å²) in [5, 5.41) is 3.94. The molecule has 2 rings (SSSR count). The van der Waals surface area contributed by atoms with Crippen LogP contribution in [0.5, 0.6) is 5.88 Å². The molecule has 0 aliphatic rings. The topological polar surface area (TPSA) is 86.1 Å². The van der Waals surface area contributed by atoms with Crippen LogP contribution in [0, 0.1) is 0 Å². The minimum absolute atomic E-state index is 0.0846. The second-order valence-corrected chi connectivity index (χ2v) is 6.45.